The first kappa shape index (κ1) is 17.1. The van der Waals surface area contributed by atoms with E-state index in [1.54, 1.807) is 12.1 Å². The number of hydrogen-bond acceptors (Lipinski definition) is 4. The van der Waals surface area contributed by atoms with Crippen molar-refractivity contribution < 1.29 is 27.4 Å². The zero-order valence-corrected chi connectivity index (χ0v) is 12.4. The second-order valence-electron chi connectivity index (χ2n) is 3.87. The van der Waals surface area contributed by atoms with Crippen LogP contribution in [0, 0.1) is 0 Å². The standard InChI is InChI=1S/C12H15BrF3NO3/c1-18-10-5-8(2-3-17)4-9(13)11(10)20-7-19-6-12(14,15)16/h4-5H,2-3,6-7,17H2,1H3. The Morgan fingerprint density at radius 2 is 2.00 bits per heavy atom. The van der Waals surface area contributed by atoms with Crippen LogP contribution in [0.2, 0.25) is 0 Å². The van der Waals surface area contributed by atoms with E-state index in [0.29, 0.717) is 23.2 Å². The molecular weight excluding hydrogens is 343 g/mol. The van der Waals surface area contributed by atoms with Crippen LogP contribution in [0.4, 0.5) is 13.2 Å². The minimum absolute atomic E-state index is 0.287. The Hall–Kier alpha value is -0.990. The van der Waals surface area contributed by atoms with E-state index in [1.807, 2.05) is 0 Å². The van der Waals surface area contributed by atoms with Gasteiger partial charge in [-0.2, -0.15) is 13.2 Å². The van der Waals surface area contributed by atoms with Crippen LogP contribution in [0.5, 0.6) is 11.5 Å². The predicted molar refractivity (Wildman–Crippen MR) is 71.0 cm³/mol. The summed E-state index contributed by atoms with van der Waals surface area (Å²) >= 11 is 3.28. The van der Waals surface area contributed by atoms with Crippen LogP contribution in [0.25, 0.3) is 0 Å². The fourth-order valence-corrected chi connectivity index (χ4v) is 2.09. The second kappa shape index (κ2) is 7.70. The van der Waals surface area contributed by atoms with Crippen molar-refractivity contribution in [1.29, 1.82) is 0 Å². The lowest BCUT2D eigenvalue weighted by Gasteiger charge is -2.14. The van der Waals surface area contributed by atoms with Gasteiger partial charge in [0.2, 0.25) is 0 Å². The molecule has 0 bridgehead atoms. The highest BCUT2D eigenvalue weighted by atomic mass is 79.9. The van der Waals surface area contributed by atoms with Gasteiger partial charge in [0, 0.05) is 0 Å². The van der Waals surface area contributed by atoms with Gasteiger partial charge >= 0.3 is 6.18 Å². The molecule has 1 rings (SSSR count). The van der Waals surface area contributed by atoms with Gasteiger partial charge in [0.05, 0.1) is 11.6 Å². The van der Waals surface area contributed by atoms with Crippen LogP contribution < -0.4 is 15.2 Å². The van der Waals surface area contributed by atoms with Crippen LogP contribution in [-0.2, 0) is 11.2 Å². The maximum absolute atomic E-state index is 11.9. The minimum atomic E-state index is -4.38. The summed E-state index contributed by atoms with van der Waals surface area (Å²) < 4.78 is 51.0. The Bertz CT molecular complexity index is 441. The van der Waals surface area contributed by atoms with Crippen molar-refractivity contribution in [1.82, 2.24) is 0 Å². The maximum Gasteiger partial charge on any atom is 0.411 e. The third-order valence-electron chi connectivity index (χ3n) is 2.27. The van der Waals surface area contributed by atoms with Crippen molar-refractivity contribution in [2.45, 2.75) is 12.6 Å². The van der Waals surface area contributed by atoms with Crippen molar-refractivity contribution in [3.63, 3.8) is 0 Å². The molecule has 20 heavy (non-hydrogen) atoms. The molecule has 1 aromatic rings. The third kappa shape index (κ3) is 5.56. The van der Waals surface area contributed by atoms with E-state index < -0.39 is 19.6 Å². The van der Waals surface area contributed by atoms with Gasteiger partial charge in [-0.1, -0.05) is 0 Å². The second-order valence-corrected chi connectivity index (χ2v) is 4.73. The van der Waals surface area contributed by atoms with Crippen LogP contribution in [0.3, 0.4) is 0 Å². The van der Waals surface area contributed by atoms with E-state index in [9.17, 15) is 13.2 Å². The SMILES string of the molecule is COc1cc(CCN)cc(Br)c1OCOCC(F)(F)F. The number of hydrogen-bond donors (Lipinski definition) is 1. The fraction of sp³-hybridized carbons (Fsp3) is 0.500. The molecule has 0 aliphatic rings. The molecule has 2 N–H and O–H groups in total. The summed E-state index contributed by atoms with van der Waals surface area (Å²) in [7, 11) is 1.44. The van der Waals surface area contributed by atoms with Gasteiger partial charge < -0.3 is 19.9 Å². The molecule has 0 radical (unpaired) electrons. The molecule has 0 heterocycles. The monoisotopic (exact) mass is 357 g/mol. The van der Waals surface area contributed by atoms with Crippen molar-refractivity contribution in [2.75, 3.05) is 27.1 Å². The van der Waals surface area contributed by atoms with E-state index in [2.05, 4.69) is 20.7 Å². The molecule has 0 saturated carbocycles. The average Bonchev–Trinajstić information content (AvgIpc) is 2.35. The molecule has 0 atom stereocenters. The number of ether oxygens (including phenoxy) is 3. The summed E-state index contributed by atoms with van der Waals surface area (Å²) in [4.78, 5) is 0. The lowest BCUT2D eigenvalue weighted by Crippen LogP contribution is -2.19. The summed E-state index contributed by atoms with van der Waals surface area (Å²) in [5.41, 5.74) is 6.40. The number of halogens is 4. The van der Waals surface area contributed by atoms with Gasteiger partial charge in [-0.25, -0.2) is 0 Å². The average molecular weight is 358 g/mol. The maximum atomic E-state index is 11.9. The number of nitrogens with two attached hydrogens (primary N) is 1. The molecule has 0 aliphatic heterocycles. The van der Waals surface area contributed by atoms with E-state index in [-0.39, 0.29) is 5.75 Å². The van der Waals surface area contributed by atoms with Crippen molar-refractivity contribution >= 4 is 15.9 Å². The molecular formula is C12H15BrF3NO3. The molecule has 4 nitrogen and oxygen atoms in total. The molecule has 114 valence electrons. The van der Waals surface area contributed by atoms with E-state index in [4.69, 9.17) is 15.2 Å². The smallest absolute Gasteiger partial charge is 0.411 e. The predicted octanol–water partition coefficient (Wildman–Crippen LogP) is 2.87. The van der Waals surface area contributed by atoms with Gasteiger partial charge in [0.25, 0.3) is 0 Å². The zero-order chi connectivity index (χ0) is 15.2. The van der Waals surface area contributed by atoms with Gasteiger partial charge in [-0.05, 0) is 46.6 Å². The van der Waals surface area contributed by atoms with Crippen molar-refractivity contribution in [3.8, 4) is 11.5 Å². The zero-order valence-electron chi connectivity index (χ0n) is 10.8. The number of benzene rings is 1. The highest BCUT2D eigenvalue weighted by molar-refractivity contribution is 9.10. The van der Waals surface area contributed by atoms with Crippen molar-refractivity contribution in [2.24, 2.45) is 5.73 Å². The number of alkyl halides is 3. The van der Waals surface area contributed by atoms with Crippen LogP contribution in [-0.4, -0.2) is 33.2 Å². The molecule has 1 aromatic carbocycles. The molecule has 0 amide bonds. The van der Waals surface area contributed by atoms with E-state index in [1.165, 1.54) is 7.11 Å². The molecule has 0 spiro atoms. The largest absolute Gasteiger partial charge is 0.493 e. The first-order valence-electron chi connectivity index (χ1n) is 5.71. The molecule has 8 heteroatoms. The Morgan fingerprint density at radius 3 is 2.55 bits per heavy atom. The fourth-order valence-electron chi connectivity index (χ4n) is 1.48. The highest BCUT2D eigenvalue weighted by Gasteiger charge is 2.27. The van der Waals surface area contributed by atoms with E-state index in [0.717, 1.165) is 5.56 Å². The van der Waals surface area contributed by atoms with Gasteiger partial charge in [-0.3, -0.25) is 0 Å². The molecule has 0 saturated heterocycles. The first-order valence-corrected chi connectivity index (χ1v) is 6.50. The van der Waals surface area contributed by atoms with Gasteiger partial charge in [-0.15, -0.1) is 0 Å². The van der Waals surface area contributed by atoms with E-state index >= 15 is 0 Å². The molecule has 0 aromatic heterocycles. The summed E-state index contributed by atoms with van der Waals surface area (Å²) in [5.74, 6) is 0.689. The summed E-state index contributed by atoms with van der Waals surface area (Å²) in [6.07, 6.45) is -3.73. The third-order valence-corrected chi connectivity index (χ3v) is 2.86. The number of rotatable bonds is 7. The normalized spacial score (nSPS) is 11.5. The van der Waals surface area contributed by atoms with Crippen LogP contribution in [0.15, 0.2) is 16.6 Å². The Balaban J connectivity index is 2.69. The Kier molecular flexibility index (Phi) is 6.57. The Labute approximate surface area is 123 Å². The minimum Gasteiger partial charge on any atom is -0.493 e. The lowest BCUT2D eigenvalue weighted by atomic mass is 10.1. The topological polar surface area (TPSA) is 53.7 Å². The van der Waals surface area contributed by atoms with Crippen LogP contribution in [0.1, 0.15) is 5.56 Å². The summed E-state index contributed by atoms with van der Waals surface area (Å²) in [6.45, 7) is -1.41. The highest BCUT2D eigenvalue weighted by Crippen LogP contribution is 2.36. The molecule has 0 fully saturated rings. The van der Waals surface area contributed by atoms with Crippen LogP contribution >= 0.6 is 15.9 Å². The first-order chi connectivity index (χ1) is 9.37. The van der Waals surface area contributed by atoms with Gasteiger partial charge in [0.1, 0.15) is 6.61 Å². The summed E-state index contributed by atoms with van der Waals surface area (Å²) in [5, 5.41) is 0. The Morgan fingerprint density at radius 1 is 1.30 bits per heavy atom. The van der Waals surface area contributed by atoms with Gasteiger partial charge in [0.15, 0.2) is 18.3 Å². The lowest BCUT2D eigenvalue weighted by molar-refractivity contribution is -0.186. The quantitative estimate of drug-likeness (QED) is 0.602. The number of methoxy groups -OCH3 is 1. The molecule has 0 unspecified atom stereocenters. The molecule has 0 aliphatic carbocycles. The summed E-state index contributed by atoms with van der Waals surface area (Å²) in [6, 6.07) is 3.49. The van der Waals surface area contributed by atoms with Crippen molar-refractivity contribution in [3.05, 3.63) is 22.2 Å².